The molecule has 0 rings (SSSR count). The minimum absolute atomic E-state index is 0. The third kappa shape index (κ3) is 20.8. The molecular weight excluding hydrogens is 291 g/mol. The van der Waals surface area contributed by atoms with E-state index in [9.17, 15) is 0 Å². The third-order valence-electron chi connectivity index (χ3n) is 3.73. The van der Waals surface area contributed by atoms with Crippen molar-refractivity contribution < 1.29 is 0 Å². The van der Waals surface area contributed by atoms with Crippen molar-refractivity contribution in [1.82, 2.24) is 0 Å². The molecule has 1 unspecified atom stereocenters. The van der Waals surface area contributed by atoms with Gasteiger partial charge >= 0.3 is 0 Å². The zero-order valence-corrected chi connectivity index (χ0v) is 15.1. The molecule has 126 valence electrons. The summed E-state index contributed by atoms with van der Waals surface area (Å²) in [5.74, 6) is 0. The lowest BCUT2D eigenvalue weighted by atomic mass is 10.0. The van der Waals surface area contributed by atoms with Gasteiger partial charge in [0.2, 0.25) is 0 Å². The number of hydrogen-bond donors (Lipinski definition) is 2. The average molecular weight is 329 g/mol. The molecular formula is C16H38Cl2N2. The van der Waals surface area contributed by atoms with E-state index >= 15 is 0 Å². The highest BCUT2D eigenvalue weighted by molar-refractivity contribution is 5.85. The van der Waals surface area contributed by atoms with Gasteiger partial charge in [0.25, 0.3) is 0 Å². The van der Waals surface area contributed by atoms with E-state index in [4.69, 9.17) is 11.5 Å². The fourth-order valence-corrected chi connectivity index (χ4v) is 2.37. The largest absolute Gasteiger partial charge is 0.329 e. The predicted octanol–water partition coefficient (Wildman–Crippen LogP) is 5.21. The van der Waals surface area contributed by atoms with Crippen LogP contribution in [0.3, 0.4) is 0 Å². The van der Waals surface area contributed by atoms with Crippen molar-refractivity contribution in [2.45, 2.75) is 96.4 Å². The molecule has 0 aliphatic heterocycles. The van der Waals surface area contributed by atoms with Crippen LogP contribution in [0.1, 0.15) is 90.4 Å². The Morgan fingerprint density at radius 3 is 1.35 bits per heavy atom. The van der Waals surface area contributed by atoms with Crippen LogP contribution in [-0.4, -0.2) is 12.6 Å². The molecule has 0 aliphatic carbocycles. The Morgan fingerprint density at radius 2 is 1.00 bits per heavy atom. The first-order chi connectivity index (χ1) is 8.81. The smallest absolute Gasteiger partial charge is 0.0163 e. The SMILES string of the molecule is CCCCCCCCCCCCCCC(N)CN.Cl.Cl. The molecule has 1 atom stereocenters. The Bertz CT molecular complexity index is 157. The summed E-state index contributed by atoms with van der Waals surface area (Å²) in [6, 6.07) is 0.230. The minimum atomic E-state index is 0. The average Bonchev–Trinajstić information content (AvgIpc) is 2.39. The molecule has 4 N–H and O–H groups in total. The standard InChI is InChI=1S/C16H36N2.2ClH/c1-2-3-4-5-6-7-8-9-10-11-12-13-14-16(18)15-17;;/h16H,2-15,17-18H2,1H3;2*1H. The first-order valence-electron chi connectivity index (χ1n) is 8.27. The minimum Gasteiger partial charge on any atom is -0.329 e. The molecule has 0 saturated carbocycles. The molecule has 20 heavy (non-hydrogen) atoms. The van der Waals surface area contributed by atoms with Gasteiger partial charge in [-0.1, -0.05) is 84.0 Å². The predicted molar refractivity (Wildman–Crippen MR) is 97.2 cm³/mol. The topological polar surface area (TPSA) is 52.0 Å². The molecule has 0 aromatic heterocycles. The van der Waals surface area contributed by atoms with E-state index < -0.39 is 0 Å². The molecule has 0 fully saturated rings. The number of unbranched alkanes of at least 4 members (excludes halogenated alkanes) is 11. The van der Waals surface area contributed by atoms with Gasteiger partial charge in [-0.05, 0) is 6.42 Å². The van der Waals surface area contributed by atoms with Gasteiger partial charge in [-0.15, -0.1) is 24.8 Å². The Labute approximate surface area is 139 Å². The fourth-order valence-electron chi connectivity index (χ4n) is 2.37. The van der Waals surface area contributed by atoms with Crippen LogP contribution in [0.15, 0.2) is 0 Å². The normalized spacial score (nSPS) is 11.6. The summed E-state index contributed by atoms with van der Waals surface area (Å²) in [4.78, 5) is 0. The van der Waals surface area contributed by atoms with Crippen molar-refractivity contribution >= 4 is 24.8 Å². The molecule has 0 aromatic carbocycles. The van der Waals surface area contributed by atoms with Gasteiger partial charge in [0.15, 0.2) is 0 Å². The highest BCUT2D eigenvalue weighted by Gasteiger charge is 1.98. The van der Waals surface area contributed by atoms with E-state index in [-0.39, 0.29) is 30.9 Å². The van der Waals surface area contributed by atoms with Crippen LogP contribution in [0.5, 0.6) is 0 Å². The number of hydrogen-bond acceptors (Lipinski definition) is 2. The zero-order chi connectivity index (χ0) is 13.5. The van der Waals surface area contributed by atoms with E-state index in [2.05, 4.69) is 6.92 Å². The molecule has 0 heterocycles. The Balaban J connectivity index is -0.00000144. The van der Waals surface area contributed by atoms with E-state index in [0.717, 1.165) is 6.42 Å². The van der Waals surface area contributed by atoms with Crippen molar-refractivity contribution in [2.24, 2.45) is 11.5 Å². The maximum absolute atomic E-state index is 5.78. The van der Waals surface area contributed by atoms with Crippen LogP contribution in [0.4, 0.5) is 0 Å². The van der Waals surface area contributed by atoms with Crippen LogP contribution in [0.2, 0.25) is 0 Å². The van der Waals surface area contributed by atoms with Crippen LogP contribution < -0.4 is 11.5 Å². The van der Waals surface area contributed by atoms with Crippen molar-refractivity contribution in [3.63, 3.8) is 0 Å². The van der Waals surface area contributed by atoms with Gasteiger partial charge < -0.3 is 11.5 Å². The maximum atomic E-state index is 5.78. The third-order valence-corrected chi connectivity index (χ3v) is 3.73. The van der Waals surface area contributed by atoms with Crippen molar-refractivity contribution in [1.29, 1.82) is 0 Å². The van der Waals surface area contributed by atoms with Crippen LogP contribution in [0, 0.1) is 0 Å². The van der Waals surface area contributed by atoms with E-state index in [0.29, 0.717) is 6.54 Å². The lowest BCUT2D eigenvalue weighted by Gasteiger charge is -2.07. The van der Waals surface area contributed by atoms with Crippen molar-refractivity contribution in [3.8, 4) is 0 Å². The first-order valence-corrected chi connectivity index (χ1v) is 8.27. The number of nitrogens with two attached hydrogens (primary N) is 2. The zero-order valence-electron chi connectivity index (χ0n) is 13.4. The summed E-state index contributed by atoms with van der Waals surface area (Å²) < 4.78 is 0. The molecule has 0 saturated heterocycles. The quantitative estimate of drug-likeness (QED) is 0.430. The van der Waals surface area contributed by atoms with Gasteiger partial charge in [0.05, 0.1) is 0 Å². The molecule has 0 spiro atoms. The monoisotopic (exact) mass is 328 g/mol. The Kier molecular flexibility index (Phi) is 27.7. The Morgan fingerprint density at radius 1 is 0.650 bits per heavy atom. The second-order valence-corrected chi connectivity index (χ2v) is 5.67. The fraction of sp³-hybridized carbons (Fsp3) is 1.00. The summed E-state index contributed by atoms with van der Waals surface area (Å²) in [6.07, 6.45) is 17.9. The van der Waals surface area contributed by atoms with Crippen molar-refractivity contribution in [3.05, 3.63) is 0 Å². The van der Waals surface area contributed by atoms with Gasteiger partial charge in [-0.2, -0.15) is 0 Å². The summed E-state index contributed by atoms with van der Waals surface area (Å²) in [5, 5.41) is 0. The van der Waals surface area contributed by atoms with E-state index in [1.165, 1.54) is 77.0 Å². The van der Waals surface area contributed by atoms with Crippen LogP contribution in [0.25, 0.3) is 0 Å². The van der Waals surface area contributed by atoms with Gasteiger partial charge in [-0.3, -0.25) is 0 Å². The lowest BCUT2D eigenvalue weighted by molar-refractivity contribution is 0.520. The Hall–Kier alpha value is 0.500. The summed E-state index contributed by atoms with van der Waals surface area (Å²) in [7, 11) is 0. The second-order valence-electron chi connectivity index (χ2n) is 5.67. The van der Waals surface area contributed by atoms with E-state index in [1.807, 2.05) is 0 Å². The van der Waals surface area contributed by atoms with Crippen LogP contribution in [-0.2, 0) is 0 Å². The van der Waals surface area contributed by atoms with Crippen LogP contribution >= 0.6 is 24.8 Å². The maximum Gasteiger partial charge on any atom is 0.0163 e. The molecule has 2 nitrogen and oxygen atoms in total. The highest BCUT2D eigenvalue weighted by atomic mass is 35.5. The molecule has 0 amide bonds. The molecule has 0 radical (unpaired) electrons. The number of rotatable bonds is 14. The molecule has 0 bridgehead atoms. The molecule has 0 aromatic rings. The van der Waals surface area contributed by atoms with Gasteiger partial charge in [-0.25, -0.2) is 0 Å². The number of halogens is 2. The molecule has 4 heteroatoms. The summed E-state index contributed by atoms with van der Waals surface area (Å²) in [6.45, 7) is 2.92. The molecule has 0 aliphatic rings. The van der Waals surface area contributed by atoms with E-state index in [1.54, 1.807) is 0 Å². The lowest BCUT2D eigenvalue weighted by Crippen LogP contribution is -2.29. The highest BCUT2D eigenvalue weighted by Crippen LogP contribution is 2.12. The second kappa shape index (κ2) is 21.8. The van der Waals surface area contributed by atoms with Crippen molar-refractivity contribution in [2.75, 3.05) is 6.54 Å². The first kappa shape index (κ1) is 25.5. The van der Waals surface area contributed by atoms with Gasteiger partial charge in [0, 0.05) is 12.6 Å². The van der Waals surface area contributed by atoms with Gasteiger partial charge in [0.1, 0.15) is 0 Å². The summed E-state index contributed by atoms with van der Waals surface area (Å²) >= 11 is 0. The summed E-state index contributed by atoms with van der Waals surface area (Å²) in [5.41, 5.74) is 11.3.